The predicted octanol–water partition coefficient (Wildman–Crippen LogP) is 6.18. The number of hydrogen-bond donors (Lipinski definition) is 1. The Labute approximate surface area is 193 Å². The first-order valence-corrected chi connectivity index (χ1v) is 11.2. The molecule has 0 bridgehead atoms. The van der Waals surface area contributed by atoms with Crippen LogP contribution in [0.3, 0.4) is 0 Å². The Morgan fingerprint density at radius 1 is 1.12 bits per heavy atom. The molecule has 0 saturated carbocycles. The number of carboxylic acids is 1. The van der Waals surface area contributed by atoms with Crippen molar-refractivity contribution in [3.63, 3.8) is 0 Å². The molecule has 0 aliphatic carbocycles. The van der Waals surface area contributed by atoms with Gasteiger partial charge in [-0.15, -0.1) is 0 Å². The van der Waals surface area contributed by atoms with Gasteiger partial charge in [0, 0.05) is 18.4 Å². The summed E-state index contributed by atoms with van der Waals surface area (Å²) in [5, 5.41) is 19.3. The fourth-order valence-electron chi connectivity index (χ4n) is 3.79. The van der Waals surface area contributed by atoms with E-state index in [0.29, 0.717) is 41.9 Å². The van der Waals surface area contributed by atoms with E-state index < -0.39 is 11.9 Å². The number of carboxylic acid groups (broad SMARTS) is 1. The standard InChI is InChI=1S/C26H26ClN3O2/c1-3-5-10-23-29-22(24(25(27)30-23)20(4-2)26(31)32)15-17-11-13-18(14-12-17)21-9-7-6-8-19(21)16-28/h6-9,11-14,20H,3-5,10,15H2,1-2H3,(H,31,32). The molecule has 0 amide bonds. The van der Waals surface area contributed by atoms with Crippen molar-refractivity contribution in [2.24, 2.45) is 0 Å². The molecule has 3 aromatic rings. The van der Waals surface area contributed by atoms with E-state index >= 15 is 0 Å². The zero-order valence-electron chi connectivity index (χ0n) is 18.3. The van der Waals surface area contributed by atoms with Crippen molar-refractivity contribution in [1.29, 1.82) is 5.26 Å². The van der Waals surface area contributed by atoms with Gasteiger partial charge in [0.25, 0.3) is 0 Å². The topological polar surface area (TPSA) is 86.9 Å². The summed E-state index contributed by atoms with van der Waals surface area (Å²) in [5.41, 5.74) is 4.61. The molecule has 6 heteroatoms. The molecule has 32 heavy (non-hydrogen) atoms. The molecule has 1 aromatic heterocycles. The molecule has 164 valence electrons. The van der Waals surface area contributed by atoms with Crippen LogP contribution in [0.5, 0.6) is 0 Å². The maximum atomic E-state index is 11.9. The fourth-order valence-corrected chi connectivity index (χ4v) is 4.13. The van der Waals surface area contributed by atoms with Gasteiger partial charge in [-0.05, 0) is 35.6 Å². The Bertz CT molecular complexity index is 1140. The fraction of sp³-hybridized carbons (Fsp3) is 0.308. The first-order chi connectivity index (χ1) is 15.5. The van der Waals surface area contributed by atoms with Gasteiger partial charge in [0.15, 0.2) is 0 Å². The lowest BCUT2D eigenvalue weighted by Crippen LogP contribution is -2.17. The zero-order chi connectivity index (χ0) is 23.1. The van der Waals surface area contributed by atoms with Crippen LogP contribution in [0.25, 0.3) is 11.1 Å². The number of nitriles is 1. The van der Waals surface area contributed by atoms with Gasteiger partial charge in [-0.3, -0.25) is 4.79 Å². The smallest absolute Gasteiger partial charge is 0.311 e. The summed E-state index contributed by atoms with van der Waals surface area (Å²) in [5.74, 6) is -1.03. The second-order valence-corrected chi connectivity index (χ2v) is 8.08. The van der Waals surface area contributed by atoms with Crippen molar-refractivity contribution in [2.75, 3.05) is 0 Å². The third kappa shape index (κ3) is 5.33. The van der Waals surface area contributed by atoms with Crippen molar-refractivity contribution >= 4 is 17.6 Å². The van der Waals surface area contributed by atoms with Crippen LogP contribution in [-0.4, -0.2) is 21.0 Å². The Kier molecular flexibility index (Phi) is 7.97. The minimum Gasteiger partial charge on any atom is -0.481 e. The summed E-state index contributed by atoms with van der Waals surface area (Å²) >= 11 is 6.49. The van der Waals surface area contributed by atoms with E-state index in [0.717, 1.165) is 29.5 Å². The van der Waals surface area contributed by atoms with Gasteiger partial charge in [-0.2, -0.15) is 5.26 Å². The van der Waals surface area contributed by atoms with Crippen LogP contribution in [0.1, 0.15) is 67.2 Å². The molecular formula is C26H26ClN3O2. The van der Waals surface area contributed by atoms with Gasteiger partial charge in [0.2, 0.25) is 0 Å². The first kappa shape index (κ1) is 23.4. The average Bonchev–Trinajstić information content (AvgIpc) is 2.80. The SMILES string of the molecule is CCCCc1nc(Cl)c(C(CC)C(=O)O)c(Cc2ccc(-c3ccccc3C#N)cc2)n1. The lowest BCUT2D eigenvalue weighted by molar-refractivity contribution is -0.138. The third-order valence-corrected chi connectivity index (χ3v) is 5.81. The molecule has 1 heterocycles. The van der Waals surface area contributed by atoms with Gasteiger partial charge in [-0.1, -0.05) is 74.3 Å². The summed E-state index contributed by atoms with van der Waals surface area (Å²) in [4.78, 5) is 21.0. The summed E-state index contributed by atoms with van der Waals surface area (Å²) in [6, 6.07) is 17.6. The number of aliphatic carboxylic acids is 1. The molecule has 0 spiro atoms. The van der Waals surface area contributed by atoms with E-state index in [1.807, 2.05) is 49.4 Å². The molecule has 3 rings (SSSR count). The van der Waals surface area contributed by atoms with E-state index in [-0.39, 0.29) is 5.15 Å². The summed E-state index contributed by atoms with van der Waals surface area (Å²) in [6.45, 7) is 3.92. The minimum absolute atomic E-state index is 0.231. The number of aryl methyl sites for hydroxylation is 1. The quantitative estimate of drug-likeness (QED) is 0.395. The number of rotatable bonds is 9. The zero-order valence-corrected chi connectivity index (χ0v) is 19.1. The Morgan fingerprint density at radius 3 is 2.47 bits per heavy atom. The van der Waals surface area contributed by atoms with Crippen molar-refractivity contribution in [3.05, 3.63) is 81.9 Å². The van der Waals surface area contributed by atoms with Crippen LogP contribution >= 0.6 is 11.6 Å². The molecule has 0 fully saturated rings. The molecule has 1 atom stereocenters. The Balaban J connectivity index is 1.98. The molecule has 1 unspecified atom stereocenters. The van der Waals surface area contributed by atoms with Crippen LogP contribution in [-0.2, 0) is 17.6 Å². The van der Waals surface area contributed by atoms with Crippen molar-refractivity contribution in [2.45, 2.75) is 51.9 Å². The summed E-state index contributed by atoms with van der Waals surface area (Å²) in [7, 11) is 0. The molecule has 2 aromatic carbocycles. The van der Waals surface area contributed by atoms with Gasteiger partial charge >= 0.3 is 5.97 Å². The van der Waals surface area contributed by atoms with Crippen LogP contribution in [0.4, 0.5) is 0 Å². The third-order valence-electron chi connectivity index (χ3n) is 5.52. The van der Waals surface area contributed by atoms with E-state index in [1.54, 1.807) is 6.07 Å². The van der Waals surface area contributed by atoms with Crippen molar-refractivity contribution in [1.82, 2.24) is 9.97 Å². The molecule has 0 aliphatic rings. The maximum Gasteiger partial charge on any atom is 0.311 e. The minimum atomic E-state index is -0.927. The lowest BCUT2D eigenvalue weighted by Gasteiger charge is -2.17. The van der Waals surface area contributed by atoms with Gasteiger partial charge in [0.05, 0.1) is 23.2 Å². The average molecular weight is 448 g/mol. The van der Waals surface area contributed by atoms with E-state index in [2.05, 4.69) is 18.0 Å². The van der Waals surface area contributed by atoms with Gasteiger partial charge in [-0.25, -0.2) is 9.97 Å². The molecule has 0 aliphatic heterocycles. The number of nitrogens with zero attached hydrogens (tertiary/aromatic N) is 3. The molecule has 5 nitrogen and oxygen atoms in total. The monoisotopic (exact) mass is 447 g/mol. The van der Waals surface area contributed by atoms with E-state index in [4.69, 9.17) is 16.6 Å². The van der Waals surface area contributed by atoms with Crippen molar-refractivity contribution in [3.8, 4) is 17.2 Å². The predicted molar refractivity (Wildman–Crippen MR) is 126 cm³/mol. The van der Waals surface area contributed by atoms with Crippen LogP contribution < -0.4 is 0 Å². The Hall–Kier alpha value is -3.23. The van der Waals surface area contributed by atoms with E-state index in [9.17, 15) is 15.2 Å². The van der Waals surface area contributed by atoms with Crippen LogP contribution in [0, 0.1) is 11.3 Å². The number of carbonyl (C=O) groups is 1. The second kappa shape index (κ2) is 10.9. The Morgan fingerprint density at radius 2 is 1.84 bits per heavy atom. The highest BCUT2D eigenvalue weighted by atomic mass is 35.5. The molecule has 0 saturated heterocycles. The number of hydrogen-bond acceptors (Lipinski definition) is 4. The highest BCUT2D eigenvalue weighted by molar-refractivity contribution is 6.30. The lowest BCUT2D eigenvalue weighted by atomic mass is 9.92. The molecular weight excluding hydrogens is 422 g/mol. The van der Waals surface area contributed by atoms with Gasteiger partial charge < -0.3 is 5.11 Å². The highest BCUT2D eigenvalue weighted by Crippen LogP contribution is 2.31. The maximum absolute atomic E-state index is 11.9. The largest absolute Gasteiger partial charge is 0.481 e. The normalized spacial score (nSPS) is 11.7. The summed E-state index contributed by atoms with van der Waals surface area (Å²) in [6.07, 6.45) is 3.52. The van der Waals surface area contributed by atoms with E-state index in [1.165, 1.54) is 0 Å². The number of benzene rings is 2. The highest BCUT2D eigenvalue weighted by Gasteiger charge is 2.26. The van der Waals surface area contributed by atoms with Gasteiger partial charge in [0.1, 0.15) is 11.0 Å². The molecule has 1 N–H and O–H groups in total. The van der Waals surface area contributed by atoms with Crippen LogP contribution in [0.2, 0.25) is 5.15 Å². The van der Waals surface area contributed by atoms with Crippen molar-refractivity contribution < 1.29 is 9.90 Å². The first-order valence-electron chi connectivity index (χ1n) is 10.8. The second-order valence-electron chi connectivity index (χ2n) is 7.72. The molecule has 0 radical (unpaired) electrons. The number of halogens is 1. The summed E-state index contributed by atoms with van der Waals surface area (Å²) < 4.78 is 0. The number of aromatic nitrogens is 2. The van der Waals surface area contributed by atoms with Crippen LogP contribution in [0.15, 0.2) is 48.5 Å². The number of unbranched alkanes of at least 4 members (excludes halogenated alkanes) is 1.